The maximum Gasteiger partial charge on any atom is 0.0612 e. The average molecular weight is 212 g/mol. The summed E-state index contributed by atoms with van der Waals surface area (Å²) in [6, 6.07) is 0. The molecule has 0 radical (unpaired) electrons. The van der Waals surface area contributed by atoms with E-state index in [1.165, 1.54) is 32.1 Å². The van der Waals surface area contributed by atoms with E-state index in [0.717, 1.165) is 12.8 Å². The third-order valence-corrected chi connectivity index (χ3v) is 2.29. The summed E-state index contributed by atoms with van der Waals surface area (Å²) in [6.07, 6.45) is 16.2. The van der Waals surface area contributed by atoms with Crippen LogP contribution >= 0.6 is 0 Å². The largest absolute Gasteiger partial charge is 0.392 e. The first kappa shape index (κ1) is 14.4. The zero-order valence-corrected chi connectivity index (χ0v) is 9.57. The normalized spacial score (nSPS) is 11.9. The molecule has 0 rings (SSSR count). The van der Waals surface area contributed by atoms with Crippen LogP contribution in [0.5, 0.6) is 0 Å². The minimum Gasteiger partial charge on any atom is -0.392 e. The average Bonchev–Trinajstić information content (AvgIpc) is 2.26. The van der Waals surface area contributed by atoms with Crippen LogP contribution in [0, 0.1) is 0 Å². The van der Waals surface area contributed by atoms with Crippen molar-refractivity contribution in [2.75, 3.05) is 13.2 Å². The van der Waals surface area contributed by atoms with E-state index in [0.29, 0.717) is 0 Å². The van der Waals surface area contributed by atoms with Crippen LogP contribution in [-0.4, -0.2) is 23.4 Å². The molecule has 0 aliphatic carbocycles. The van der Waals surface area contributed by atoms with Crippen LogP contribution < -0.4 is 0 Å². The number of hydrogen-bond donors (Lipinski definition) is 2. The summed E-state index contributed by atoms with van der Waals surface area (Å²) in [5.74, 6) is 0. The van der Waals surface area contributed by atoms with Gasteiger partial charge in [0, 0.05) is 0 Å². The maximum absolute atomic E-state index is 8.50. The zero-order valence-electron chi connectivity index (χ0n) is 9.57. The minimum atomic E-state index is 0.164. The molecule has 15 heavy (non-hydrogen) atoms. The maximum atomic E-state index is 8.50. The molecule has 0 atom stereocenters. The minimum absolute atomic E-state index is 0.164. The van der Waals surface area contributed by atoms with Crippen molar-refractivity contribution in [2.45, 2.75) is 44.9 Å². The Morgan fingerprint density at radius 2 is 0.933 bits per heavy atom. The molecule has 0 bridgehead atoms. The lowest BCUT2D eigenvalue weighted by molar-refractivity contribution is 0.342. The van der Waals surface area contributed by atoms with E-state index < -0.39 is 0 Å². The van der Waals surface area contributed by atoms with Gasteiger partial charge in [-0.2, -0.15) is 0 Å². The quantitative estimate of drug-likeness (QED) is 0.432. The number of aliphatic hydroxyl groups excluding tert-OH is 2. The Bertz CT molecular complexity index is 144. The van der Waals surface area contributed by atoms with E-state index in [2.05, 4.69) is 0 Å². The van der Waals surface area contributed by atoms with Crippen molar-refractivity contribution in [1.82, 2.24) is 0 Å². The van der Waals surface area contributed by atoms with Crippen LogP contribution in [0.1, 0.15) is 44.9 Å². The van der Waals surface area contributed by atoms with Gasteiger partial charge in [-0.25, -0.2) is 0 Å². The fourth-order valence-electron chi connectivity index (χ4n) is 1.44. The van der Waals surface area contributed by atoms with Crippen LogP contribution in [0.4, 0.5) is 0 Å². The molecule has 0 aliphatic rings. The van der Waals surface area contributed by atoms with Gasteiger partial charge in [-0.1, -0.05) is 43.6 Å². The Hall–Kier alpha value is -0.600. The Morgan fingerprint density at radius 1 is 0.533 bits per heavy atom. The van der Waals surface area contributed by atoms with Crippen molar-refractivity contribution in [3.8, 4) is 0 Å². The highest BCUT2D eigenvalue weighted by Crippen LogP contribution is 2.07. The fourth-order valence-corrected chi connectivity index (χ4v) is 1.44. The van der Waals surface area contributed by atoms with Gasteiger partial charge in [0.2, 0.25) is 0 Å². The third kappa shape index (κ3) is 13.4. The molecule has 0 aromatic rings. The number of allylic oxidation sites excluding steroid dienone is 2. The molecule has 0 saturated carbocycles. The predicted molar refractivity (Wildman–Crippen MR) is 64.8 cm³/mol. The van der Waals surface area contributed by atoms with Gasteiger partial charge in [-0.05, 0) is 25.7 Å². The van der Waals surface area contributed by atoms with Crippen molar-refractivity contribution in [2.24, 2.45) is 0 Å². The van der Waals surface area contributed by atoms with Crippen molar-refractivity contribution < 1.29 is 10.2 Å². The molecular weight excluding hydrogens is 188 g/mol. The number of rotatable bonds is 10. The Morgan fingerprint density at radius 3 is 1.33 bits per heavy atom. The number of aliphatic hydroxyl groups is 2. The molecule has 0 saturated heterocycles. The second-order valence-electron chi connectivity index (χ2n) is 3.65. The highest BCUT2D eigenvalue weighted by atomic mass is 16.3. The molecule has 0 fully saturated rings. The molecule has 2 N–H and O–H groups in total. The molecule has 0 heterocycles. The molecule has 0 unspecified atom stereocenters. The van der Waals surface area contributed by atoms with Crippen molar-refractivity contribution in [3.05, 3.63) is 24.3 Å². The van der Waals surface area contributed by atoms with Crippen LogP contribution in [0.15, 0.2) is 24.3 Å². The van der Waals surface area contributed by atoms with E-state index in [9.17, 15) is 0 Å². The predicted octanol–water partition coefficient (Wildman–Crippen LogP) is 2.81. The summed E-state index contributed by atoms with van der Waals surface area (Å²) >= 11 is 0. The first-order valence-corrected chi connectivity index (χ1v) is 5.93. The first-order chi connectivity index (χ1) is 7.41. The van der Waals surface area contributed by atoms with E-state index in [1.54, 1.807) is 12.2 Å². The van der Waals surface area contributed by atoms with Crippen LogP contribution in [0.3, 0.4) is 0 Å². The summed E-state index contributed by atoms with van der Waals surface area (Å²) in [5, 5.41) is 17.0. The second-order valence-corrected chi connectivity index (χ2v) is 3.65. The van der Waals surface area contributed by atoms with Crippen molar-refractivity contribution in [3.63, 3.8) is 0 Å². The SMILES string of the molecule is OC/C=C/CCCCCCC/C=C/CO. The molecule has 88 valence electrons. The van der Waals surface area contributed by atoms with Crippen molar-refractivity contribution >= 4 is 0 Å². The molecule has 2 heteroatoms. The van der Waals surface area contributed by atoms with E-state index in [1.807, 2.05) is 12.2 Å². The van der Waals surface area contributed by atoms with Gasteiger partial charge in [0.05, 0.1) is 13.2 Å². The molecule has 0 amide bonds. The highest BCUT2D eigenvalue weighted by molar-refractivity contribution is 4.81. The van der Waals surface area contributed by atoms with Gasteiger partial charge in [0.1, 0.15) is 0 Å². The van der Waals surface area contributed by atoms with Gasteiger partial charge in [-0.15, -0.1) is 0 Å². The van der Waals surface area contributed by atoms with Gasteiger partial charge in [0.25, 0.3) is 0 Å². The molecule has 0 aromatic carbocycles. The third-order valence-electron chi connectivity index (χ3n) is 2.29. The Kier molecular flexibility index (Phi) is 12.9. The summed E-state index contributed by atoms with van der Waals surface area (Å²) in [7, 11) is 0. The van der Waals surface area contributed by atoms with Gasteiger partial charge < -0.3 is 10.2 Å². The van der Waals surface area contributed by atoms with E-state index in [-0.39, 0.29) is 13.2 Å². The first-order valence-electron chi connectivity index (χ1n) is 5.93. The summed E-state index contributed by atoms with van der Waals surface area (Å²) in [4.78, 5) is 0. The standard InChI is InChI=1S/C13H24O2/c14-12-10-8-6-4-2-1-3-5-7-9-11-13-15/h8-11,14-15H,1-7,12-13H2/b10-8+,11-9+. The molecule has 2 nitrogen and oxygen atoms in total. The number of hydrogen-bond acceptors (Lipinski definition) is 2. The number of unbranched alkanes of at least 4 members (excludes halogenated alkanes) is 6. The van der Waals surface area contributed by atoms with Crippen molar-refractivity contribution in [1.29, 1.82) is 0 Å². The molecular formula is C13H24O2. The topological polar surface area (TPSA) is 40.5 Å². The summed E-state index contributed by atoms with van der Waals surface area (Å²) in [6.45, 7) is 0.328. The van der Waals surface area contributed by atoms with Gasteiger partial charge in [-0.3, -0.25) is 0 Å². The lowest BCUT2D eigenvalue weighted by Gasteiger charge is -1.97. The second kappa shape index (κ2) is 13.4. The molecule has 0 spiro atoms. The smallest absolute Gasteiger partial charge is 0.0612 e. The summed E-state index contributed by atoms with van der Waals surface area (Å²) < 4.78 is 0. The summed E-state index contributed by atoms with van der Waals surface area (Å²) in [5.41, 5.74) is 0. The lowest BCUT2D eigenvalue weighted by Crippen LogP contribution is -1.79. The zero-order chi connectivity index (χ0) is 11.2. The fraction of sp³-hybridized carbons (Fsp3) is 0.692. The molecule has 0 aromatic heterocycles. The van der Waals surface area contributed by atoms with Crippen LogP contribution in [-0.2, 0) is 0 Å². The van der Waals surface area contributed by atoms with Crippen LogP contribution in [0.25, 0.3) is 0 Å². The highest BCUT2D eigenvalue weighted by Gasteiger charge is 1.88. The molecule has 0 aliphatic heterocycles. The monoisotopic (exact) mass is 212 g/mol. The Labute approximate surface area is 93.3 Å². The van der Waals surface area contributed by atoms with Gasteiger partial charge >= 0.3 is 0 Å². The van der Waals surface area contributed by atoms with Crippen LogP contribution in [0.2, 0.25) is 0 Å². The van der Waals surface area contributed by atoms with E-state index in [4.69, 9.17) is 10.2 Å². The lowest BCUT2D eigenvalue weighted by atomic mass is 10.1. The Balaban J connectivity index is 2.98. The van der Waals surface area contributed by atoms with Gasteiger partial charge in [0.15, 0.2) is 0 Å². The van der Waals surface area contributed by atoms with E-state index >= 15 is 0 Å².